The normalized spacial score (nSPS) is 36.2. The monoisotopic (exact) mass is 170 g/mol. The summed E-state index contributed by atoms with van der Waals surface area (Å²) < 4.78 is 0. The van der Waals surface area contributed by atoms with Gasteiger partial charge in [0.1, 0.15) is 5.60 Å². The molecule has 11 heavy (non-hydrogen) atoms. The molecule has 0 aromatic carbocycles. The lowest BCUT2D eigenvalue weighted by atomic mass is 9.74. The summed E-state index contributed by atoms with van der Waals surface area (Å²) in [5.41, 5.74) is -1.01. The van der Waals surface area contributed by atoms with Crippen molar-refractivity contribution in [3.8, 4) is 12.3 Å². The van der Waals surface area contributed by atoms with Gasteiger partial charge >= 0.3 is 0 Å². The molecular formula is C9H14OS. The molecule has 1 rings (SSSR count). The summed E-state index contributed by atoms with van der Waals surface area (Å²) in [4.78, 5) is 0. The first-order valence-electron chi connectivity index (χ1n) is 3.80. The number of hydrogen-bond donors (Lipinski definition) is 1. The number of thioether (sulfide) groups is 1. The van der Waals surface area contributed by atoms with Gasteiger partial charge in [0.05, 0.1) is 0 Å². The van der Waals surface area contributed by atoms with Gasteiger partial charge in [-0.05, 0) is 12.2 Å². The maximum absolute atomic E-state index is 9.95. The molecule has 0 radical (unpaired) electrons. The minimum atomic E-state index is -0.893. The van der Waals surface area contributed by atoms with Crippen LogP contribution in [0.1, 0.15) is 20.3 Å². The van der Waals surface area contributed by atoms with E-state index in [0.717, 1.165) is 12.2 Å². The van der Waals surface area contributed by atoms with E-state index in [1.807, 2.05) is 13.8 Å². The molecule has 1 saturated heterocycles. The zero-order valence-corrected chi connectivity index (χ0v) is 7.87. The maximum Gasteiger partial charge on any atom is 0.139 e. The lowest BCUT2D eigenvalue weighted by molar-refractivity contribution is -0.0000694. The number of rotatable bonds is 0. The van der Waals surface area contributed by atoms with Gasteiger partial charge in [-0.3, -0.25) is 0 Å². The molecule has 0 amide bonds. The zero-order valence-electron chi connectivity index (χ0n) is 7.05. The zero-order chi connectivity index (χ0) is 8.54. The molecule has 0 aromatic heterocycles. The van der Waals surface area contributed by atoms with Crippen LogP contribution in [0.25, 0.3) is 0 Å². The highest BCUT2D eigenvalue weighted by Crippen LogP contribution is 2.41. The fraction of sp³-hybridized carbons (Fsp3) is 0.778. The van der Waals surface area contributed by atoms with Gasteiger partial charge in [-0.1, -0.05) is 19.8 Å². The lowest BCUT2D eigenvalue weighted by Crippen LogP contribution is -2.48. The highest BCUT2D eigenvalue weighted by atomic mass is 32.2. The van der Waals surface area contributed by atoms with E-state index < -0.39 is 5.60 Å². The van der Waals surface area contributed by atoms with E-state index in [2.05, 4.69) is 5.92 Å². The molecule has 0 spiro atoms. The van der Waals surface area contributed by atoms with E-state index in [0.29, 0.717) is 5.75 Å². The Hall–Kier alpha value is -0.130. The second-order valence-corrected chi connectivity index (χ2v) is 4.80. The van der Waals surface area contributed by atoms with Crippen LogP contribution in [0.15, 0.2) is 0 Å². The molecule has 0 bridgehead atoms. The van der Waals surface area contributed by atoms with Crippen molar-refractivity contribution in [1.29, 1.82) is 0 Å². The van der Waals surface area contributed by atoms with Crippen molar-refractivity contribution in [2.75, 3.05) is 11.5 Å². The van der Waals surface area contributed by atoms with Crippen molar-refractivity contribution in [2.24, 2.45) is 5.41 Å². The van der Waals surface area contributed by atoms with Crippen LogP contribution < -0.4 is 0 Å². The third-order valence-electron chi connectivity index (χ3n) is 2.54. The standard InChI is InChI=1S/C9H14OS/c1-4-9(10)7-11-6-5-8(9,2)3/h1,10H,5-7H2,2-3H3. The van der Waals surface area contributed by atoms with Crippen molar-refractivity contribution in [2.45, 2.75) is 25.9 Å². The third kappa shape index (κ3) is 1.40. The first-order valence-corrected chi connectivity index (χ1v) is 4.95. The third-order valence-corrected chi connectivity index (χ3v) is 3.66. The summed E-state index contributed by atoms with van der Waals surface area (Å²) in [6.07, 6.45) is 6.30. The number of terminal acetylenes is 1. The van der Waals surface area contributed by atoms with E-state index in [4.69, 9.17) is 6.42 Å². The molecule has 0 aromatic rings. The Bertz CT molecular complexity index is 192. The van der Waals surface area contributed by atoms with Gasteiger partial charge in [-0.2, -0.15) is 11.8 Å². The summed E-state index contributed by atoms with van der Waals surface area (Å²) in [5, 5.41) is 9.95. The fourth-order valence-electron chi connectivity index (χ4n) is 1.19. The molecule has 1 N–H and O–H groups in total. The Morgan fingerprint density at radius 2 is 2.18 bits per heavy atom. The molecule has 0 saturated carbocycles. The van der Waals surface area contributed by atoms with Gasteiger partial charge in [-0.15, -0.1) is 6.42 Å². The molecule has 1 atom stereocenters. The van der Waals surface area contributed by atoms with Crippen LogP contribution in [0.3, 0.4) is 0 Å². The summed E-state index contributed by atoms with van der Waals surface area (Å²) >= 11 is 1.74. The van der Waals surface area contributed by atoms with Crippen LogP contribution in [0, 0.1) is 17.8 Å². The Balaban J connectivity index is 2.85. The molecule has 1 aliphatic heterocycles. The lowest BCUT2D eigenvalue weighted by Gasteiger charge is -2.42. The van der Waals surface area contributed by atoms with Gasteiger partial charge in [0.25, 0.3) is 0 Å². The Morgan fingerprint density at radius 3 is 2.55 bits per heavy atom. The van der Waals surface area contributed by atoms with Crippen LogP contribution in [-0.4, -0.2) is 22.2 Å². The molecule has 62 valence electrons. The SMILES string of the molecule is C#CC1(O)CSCCC1(C)C. The summed E-state index contributed by atoms with van der Waals surface area (Å²) in [6.45, 7) is 4.07. The van der Waals surface area contributed by atoms with Crippen LogP contribution >= 0.6 is 11.8 Å². The first kappa shape index (κ1) is 8.96. The summed E-state index contributed by atoms with van der Waals surface area (Å²) in [5.74, 6) is 4.29. The predicted molar refractivity (Wildman–Crippen MR) is 49.5 cm³/mol. The van der Waals surface area contributed by atoms with Gasteiger partial charge in [-0.25, -0.2) is 0 Å². The topological polar surface area (TPSA) is 20.2 Å². The Kier molecular flexibility index (Phi) is 2.22. The minimum Gasteiger partial charge on any atom is -0.376 e. The number of aliphatic hydroxyl groups is 1. The average Bonchev–Trinajstić information content (AvgIpc) is 1.95. The quantitative estimate of drug-likeness (QED) is 0.556. The second-order valence-electron chi connectivity index (χ2n) is 3.69. The summed E-state index contributed by atoms with van der Waals surface area (Å²) in [7, 11) is 0. The predicted octanol–water partition coefficient (Wildman–Crippen LogP) is 1.51. The average molecular weight is 170 g/mol. The van der Waals surface area contributed by atoms with Crippen molar-refractivity contribution in [1.82, 2.24) is 0 Å². The molecule has 1 heterocycles. The first-order chi connectivity index (χ1) is 5.02. The van der Waals surface area contributed by atoms with Gasteiger partial charge in [0.15, 0.2) is 0 Å². The molecular weight excluding hydrogens is 156 g/mol. The molecule has 1 aliphatic rings. The van der Waals surface area contributed by atoms with Crippen molar-refractivity contribution in [3.05, 3.63) is 0 Å². The highest BCUT2D eigenvalue weighted by molar-refractivity contribution is 7.99. The van der Waals surface area contributed by atoms with Crippen molar-refractivity contribution in [3.63, 3.8) is 0 Å². The van der Waals surface area contributed by atoms with E-state index >= 15 is 0 Å². The molecule has 0 aliphatic carbocycles. The van der Waals surface area contributed by atoms with Gasteiger partial charge in [0, 0.05) is 11.2 Å². The molecule has 1 fully saturated rings. The van der Waals surface area contributed by atoms with E-state index in [9.17, 15) is 5.11 Å². The van der Waals surface area contributed by atoms with Crippen LogP contribution in [0.2, 0.25) is 0 Å². The minimum absolute atomic E-state index is 0.118. The van der Waals surface area contributed by atoms with E-state index in [-0.39, 0.29) is 5.41 Å². The maximum atomic E-state index is 9.95. The largest absolute Gasteiger partial charge is 0.376 e. The fourth-order valence-corrected chi connectivity index (χ4v) is 2.75. The van der Waals surface area contributed by atoms with E-state index in [1.165, 1.54) is 0 Å². The second kappa shape index (κ2) is 2.73. The molecule has 2 heteroatoms. The van der Waals surface area contributed by atoms with Gasteiger partial charge in [0.2, 0.25) is 0 Å². The van der Waals surface area contributed by atoms with Crippen LogP contribution in [-0.2, 0) is 0 Å². The Labute approximate surface area is 72.6 Å². The van der Waals surface area contributed by atoms with E-state index in [1.54, 1.807) is 11.8 Å². The van der Waals surface area contributed by atoms with Crippen LogP contribution in [0.4, 0.5) is 0 Å². The summed E-state index contributed by atoms with van der Waals surface area (Å²) in [6, 6.07) is 0. The molecule has 1 unspecified atom stereocenters. The van der Waals surface area contributed by atoms with Crippen LogP contribution in [0.5, 0.6) is 0 Å². The molecule has 1 nitrogen and oxygen atoms in total. The highest BCUT2D eigenvalue weighted by Gasteiger charge is 2.44. The smallest absolute Gasteiger partial charge is 0.139 e. The Morgan fingerprint density at radius 1 is 1.55 bits per heavy atom. The van der Waals surface area contributed by atoms with Crippen molar-refractivity contribution >= 4 is 11.8 Å². The van der Waals surface area contributed by atoms with Gasteiger partial charge < -0.3 is 5.11 Å². The number of hydrogen-bond acceptors (Lipinski definition) is 2. The van der Waals surface area contributed by atoms with Crippen molar-refractivity contribution < 1.29 is 5.11 Å².